The van der Waals surface area contributed by atoms with E-state index in [1.54, 1.807) is 13.2 Å². The Balaban J connectivity index is 2.25. The minimum Gasteiger partial charge on any atom is -0.496 e. The Hall–Kier alpha value is -2.30. The summed E-state index contributed by atoms with van der Waals surface area (Å²) in [4.78, 5) is 8.53. The SMILES string of the molecule is CCc1nc(N)cc(Nc2ccc(OC)c(C)c2)n1. The fourth-order valence-corrected chi connectivity index (χ4v) is 1.84. The zero-order valence-electron chi connectivity index (χ0n) is 11.4. The monoisotopic (exact) mass is 258 g/mol. The van der Waals surface area contributed by atoms with Crippen LogP contribution in [0.1, 0.15) is 18.3 Å². The molecule has 3 N–H and O–H groups in total. The van der Waals surface area contributed by atoms with Crippen LogP contribution >= 0.6 is 0 Å². The van der Waals surface area contributed by atoms with Gasteiger partial charge in [0.05, 0.1) is 7.11 Å². The van der Waals surface area contributed by atoms with E-state index in [0.717, 1.165) is 29.2 Å². The first-order valence-electron chi connectivity index (χ1n) is 6.17. The van der Waals surface area contributed by atoms with Gasteiger partial charge in [0.1, 0.15) is 23.2 Å². The number of nitrogens with two attached hydrogens (primary N) is 1. The molecule has 1 aromatic carbocycles. The number of rotatable bonds is 4. The third-order valence-corrected chi connectivity index (χ3v) is 2.78. The second-order valence-corrected chi connectivity index (χ2v) is 4.26. The molecule has 5 heteroatoms. The standard InChI is InChI=1S/C14H18N4O/c1-4-13-17-12(15)8-14(18-13)16-10-5-6-11(19-3)9(2)7-10/h5-8H,4H2,1-3H3,(H3,15,16,17,18). The lowest BCUT2D eigenvalue weighted by Gasteiger charge is -2.10. The van der Waals surface area contributed by atoms with Crippen molar-refractivity contribution in [2.24, 2.45) is 0 Å². The molecule has 0 atom stereocenters. The van der Waals surface area contributed by atoms with Crippen LogP contribution in [0.15, 0.2) is 24.3 Å². The number of hydrogen-bond acceptors (Lipinski definition) is 5. The predicted molar refractivity (Wildman–Crippen MR) is 76.8 cm³/mol. The molecule has 0 aliphatic rings. The fraction of sp³-hybridized carbons (Fsp3) is 0.286. The molecule has 1 heterocycles. The van der Waals surface area contributed by atoms with Gasteiger partial charge in [-0.15, -0.1) is 0 Å². The molecule has 0 bridgehead atoms. The number of nitrogens with one attached hydrogen (secondary N) is 1. The lowest BCUT2D eigenvalue weighted by Crippen LogP contribution is -2.03. The summed E-state index contributed by atoms with van der Waals surface area (Å²) >= 11 is 0. The molecular weight excluding hydrogens is 240 g/mol. The van der Waals surface area contributed by atoms with E-state index in [1.165, 1.54) is 0 Å². The summed E-state index contributed by atoms with van der Waals surface area (Å²) in [5, 5.41) is 3.22. The van der Waals surface area contributed by atoms with Crippen LogP contribution < -0.4 is 15.8 Å². The Morgan fingerprint density at radius 2 is 2.05 bits per heavy atom. The second kappa shape index (κ2) is 5.56. The normalized spacial score (nSPS) is 10.3. The van der Waals surface area contributed by atoms with Crippen LogP contribution in [0.2, 0.25) is 0 Å². The summed E-state index contributed by atoms with van der Waals surface area (Å²) in [6.07, 6.45) is 0.751. The third-order valence-electron chi connectivity index (χ3n) is 2.78. The Bertz CT molecular complexity index is 584. The maximum atomic E-state index is 5.75. The molecule has 2 rings (SSSR count). The Kier molecular flexibility index (Phi) is 3.85. The average molecular weight is 258 g/mol. The van der Waals surface area contributed by atoms with Crippen LogP contribution in [-0.2, 0) is 6.42 Å². The van der Waals surface area contributed by atoms with Gasteiger partial charge in [0.25, 0.3) is 0 Å². The van der Waals surface area contributed by atoms with Crippen molar-refractivity contribution in [3.05, 3.63) is 35.7 Å². The first kappa shape index (κ1) is 13.1. The molecular formula is C14H18N4O. The van der Waals surface area contributed by atoms with Crippen molar-refractivity contribution in [2.45, 2.75) is 20.3 Å². The van der Waals surface area contributed by atoms with Crippen molar-refractivity contribution in [3.63, 3.8) is 0 Å². The van der Waals surface area contributed by atoms with Gasteiger partial charge in [0, 0.05) is 18.2 Å². The van der Waals surface area contributed by atoms with E-state index in [-0.39, 0.29) is 0 Å². The average Bonchev–Trinajstić information content (AvgIpc) is 2.38. The van der Waals surface area contributed by atoms with Crippen molar-refractivity contribution < 1.29 is 4.74 Å². The van der Waals surface area contributed by atoms with Gasteiger partial charge in [-0.1, -0.05) is 6.92 Å². The van der Waals surface area contributed by atoms with Gasteiger partial charge < -0.3 is 15.8 Å². The summed E-state index contributed by atoms with van der Waals surface area (Å²) in [6, 6.07) is 7.58. The molecule has 19 heavy (non-hydrogen) atoms. The minimum absolute atomic E-state index is 0.472. The Morgan fingerprint density at radius 1 is 1.26 bits per heavy atom. The molecule has 0 fully saturated rings. The summed E-state index contributed by atoms with van der Waals surface area (Å²) in [6.45, 7) is 3.99. The Labute approximate surface area is 112 Å². The third kappa shape index (κ3) is 3.13. The van der Waals surface area contributed by atoms with Gasteiger partial charge in [-0.25, -0.2) is 9.97 Å². The van der Waals surface area contributed by atoms with E-state index in [4.69, 9.17) is 10.5 Å². The van der Waals surface area contributed by atoms with Crippen LogP contribution in [0.3, 0.4) is 0 Å². The van der Waals surface area contributed by atoms with Crippen LogP contribution in [0.4, 0.5) is 17.3 Å². The highest BCUT2D eigenvalue weighted by Gasteiger charge is 2.04. The lowest BCUT2D eigenvalue weighted by molar-refractivity contribution is 0.412. The van der Waals surface area contributed by atoms with E-state index in [0.29, 0.717) is 11.6 Å². The van der Waals surface area contributed by atoms with Gasteiger partial charge in [-0.05, 0) is 30.7 Å². The van der Waals surface area contributed by atoms with Crippen molar-refractivity contribution >= 4 is 17.3 Å². The Morgan fingerprint density at radius 3 is 2.68 bits per heavy atom. The summed E-state index contributed by atoms with van der Waals surface area (Å²) in [5.74, 6) is 2.77. The lowest BCUT2D eigenvalue weighted by atomic mass is 10.2. The van der Waals surface area contributed by atoms with Crippen molar-refractivity contribution in [1.82, 2.24) is 9.97 Å². The molecule has 0 spiro atoms. The maximum absolute atomic E-state index is 5.75. The van der Waals surface area contributed by atoms with Crippen molar-refractivity contribution in [2.75, 3.05) is 18.2 Å². The first-order chi connectivity index (χ1) is 9.12. The van der Waals surface area contributed by atoms with E-state index in [2.05, 4.69) is 15.3 Å². The number of benzene rings is 1. The predicted octanol–water partition coefficient (Wildman–Crippen LogP) is 2.68. The van der Waals surface area contributed by atoms with Crippen molar-refractivity contribution in [1.29, 1.82) is 0 Å². The fourth-order valence-electron chi connectivity index (χ4n) is 1.84. The summed E-state index contributed by atoms with van der Waals surface area (Å²) < 4.78 is 5.23. The van der Waals surface area contributed by atoms with E-state index >= 15 is 0 Å². The van der Waals surface area contributed by atoms with Gasteiger partial charge in [-0.2, -0.15) is 0 Å². The number of hydrogen-bond donors (Lipinski definition) is 2. The summed E-state index contributed by atoms with van der Waals surface area (Å²) in [7, 11) is 1.66. The number of ether oxygens (including phenoxy) is 1. The largest absolute Gasteiger partial charge is 0.496 e. The number of anilines is 3. The molecule has 0 unspecified atom stereocenters. The number of aryl methyl sites for hydroxylation is 2. The maximum Gasteiger partial charge on any atom is 0.136 e. The van der Waals surface area contributed by atoms with Crippen LogP contribution in [-0.4, -0.2) is 17.1 Å². The molecule has 0 amide bonds. The molecule has 100 valence electrons. The zero-order chi connectivity index (χ0) is 13.8. The highest BCUT2D eigenvalue weighted by molar-refractivity contribution is 5.60. The van der Waals surface area contributed by atoms with Gasteiger partial charge in [0.15, 0.2) is 0 Å². The smallest absolute Gasteiger partial charge is 0.136 e. The van der Waals surface area contributed by atoms with E-state index in [9.17, 15) is 0 Å². The molecule has 0 radical (unpaired) electrons. The number of aromatic nitrogens is 2. The number of nitrogen functional groups attached to an aromatic ring is 1. The summed E-state index contributed by atoms with van der Waals surface area (Å²) in [5.41, 5.74) is 7.76. The van der Waals surface area contributed by atoms with Gasteiger partial charge >= 0.3 is 0 Å². The van der Waals surface area contributed by atoms with Gasteiger partial charge in [0.2, 0.25) is 0 Å². The molecule has 0 aliphatic heterocycles. The second-order valence-electron chi connectivity index (χ2n) is 4.26. The molecule has 0 saturated heterocycles. The van der Waals surface area contributed by atoms with Crippen LogP contribution in [0.25, 0.3) is 0 Å². The van der Waals surface area contributed by atoms with Crippen molar-refractivity contribution in [3.8, 4) is 5.75 Å². The molecule has 0 aliphatic carbocycles. The minimum atomic E-state index is 0.472. The highest BCUT2D eigenvalue weighted by Crippen LogP contribution is 2.23. The molecule has 0 saturated carbocycles. The highest BCUT2D eigenvalue weighted by atomic mass is 16.5. The molecule has 2 aromatic rings. The van der Waals surface area contributed by atoms with Crippen LogP contribution in [0, 0.1) is 6.92 Å². The van der Waals surface area contributed by atoms with Crippen LogP contribution in [0.5, 0.6) is 5.75 Å². The van der Waals surface area contributed by atoms with E-state index in [1.807, 2.05) is 32.0 Å². The number of methoxy groups -OCH3 is 1. The first-order valence-corrected chi connectivity index (χ1v) is 6.17. The topological polar surface area (TPSA) is 73.1 Å². The van der Waals surface area contributed by atoms with Gasteiger partial charge in [-0.3, -0.25) is 0 Å². The number of nitrogens with zero attached hydrogens (tertiary/aromatic N) is 2. The quantitative estimate of drug-likeness (QED) is 0.882. The molecule has 5 nitrogen and oxygen atoms in total. The zero-order valence-corrected chi connectivity index (χ0v) is 11.4. The molecule has 1 aromatic heterocycles. The van der Waals surface area contributed by atoms with E-state index < -0.39 is 0 Å².